The number of hydrogen-bond acceptors (Lipinski definition) is 6. The zero-order valence-electron chi connectivity index (χ0n) is 23.5. The number of carbonyl (C=O) groups excluding carboxylic acids is 3. The fourth-order valence-corrected chi connectivity index (χ4v) is 4.48. The van der Waals surface area contributed by atoms with Crippen LogP contribution in [0.4, 0.5) is 0 Å². The first-order valence-electron chi connectivity index (χ1n) is 13.7. The van der Waals surface area contributed by atoms with E-state index in [4.69, 9.17) is 5.73 Å². The molecule has 0 fully saturated rings. The first kappa shape index (κ1) is 31.3. The molecule has 8 N–H and O–H groups in total. The highest BCUT2D eigenvalue weighted by Crippen LogP contribution is 2.19. The third-order valence-corrected chi connectivity index (χ3v) is 7.25. The van der Waals surface area contributed by atoms with E-state index in [1.807, 2.05) is 38.1 Å². The molecule has 0 aliphatic carbocycles. The summed E-state index contributed by atoms with van der Waals surface area (Å²) in [5.41, 5.74) is 8.51. The fourth-order valence-electron chi connectivity index (χ4n) is 4.48. The molecule has 1 heterocycles. The Bertz CT molecular complexity index is 1340. The third-order valence-electron chi connectivity index (χ3n) is 7.25. The molecule has 0 bridgehead atoms. The Balaban J connectivity index is 1.90. The average Bonchev–Trinajstić information content (AvgIpc) is 3.36. The summed E-state index contributed by atoms with van der Waals surface area (Å²) in [5.74, 6) is -3.47. The monoisotopic (exact) mass is 565 g/mol. The molecule has 0 aliphatic rings. The minimum absolute atomic E-state index is 0.0463. The van der Waals surface area contributed by atoms with Crippen molar-refractivity contribution in [3.63, 3.8) is 0 Å². The highest BCUT2D eigenvalue weighted by molar-refractivity contribution is 5.95. The number of aromatic amines is 1. The van der Waals surface area contributed by atoms with E-state index in [-0.39, 0.29) is 18.8 Å². The van der Waals surface area contributed by atoms with Crippen LogP contribution in [0.2, 0.25) is 0 Å². The minimum atomic E-state index is -1.58. The Morgan fingerprint density at radius 1 is 0.854 bits per heavy atom. The SMILES string of the molecule is CCC(C)C(N)C(=O)NC(Cc1c[nH]c2ccccc12)C(=O)NC(Cc1ccccc1)C(=O)NC(C(=O)O)C(C)O. The van der Waals surface area contributed by atoms with Crippen molar-refractivity contribution in [3.8, 4) is 0 Å². The Hall–Kier alpha value is -4.22. The van der Waals surface area contributed by atoms with Crippen molar-refractivity contribution in [3.05, 3.63) is 71.9 Å². The standard InChI is InChI=1S/C30H39N5O6/c1-4-17(2)25(31)29(39)34-24(15-20-16-32-22-13-9-8-12-21(20)22)27(37)33-23(14-19-10-6-5-7-11-19)28(38)35-26(18(3)36)30(40)41/h5-13,16-18,23-26,32,36H,4,14-15,31H2,1-3H3,(H,33,37)(H,34,39)(H,35,38)(H,40,41). The summed E-state index contributed by atoms with van der Waals surface area (Å²) in [7, 11) is 0. The van der Waals surface area contributed by atoms with Crippen LogP contribution >= 0.6 is 0 Å². The molecule has 11 nitrogen and oxygen atoms in total. The lowest BCUT2D eigenvalue weighted by atomic mass is 9.98. The van der Waals surface area contributed by atoms with Crippen molar-refractivity contribution in [2.24, 2.45) is 11.7 Å². The molecule has 0 aliphatic heterocycles. The maximum atomic E-state index is 13.7. The molecule has 2 aromatic carbocycles. The Morgan fingerprint density at radius 2 is 1.44 bits per heavy atom. The van der Waals surface area contributed by atoms with Crippen molar-refractivity contribution in [1.82, 2.24) is 20.9 Å². The van der Waals surface area contributed by atoms with Gasteiger partial charge in [0.05, 0.1) is 12.1 Å². The molecule has 6 unspecified atom stereocenters. The number of carboxylic acid groups (broad SMARTS) is 1. The third kappa shape index (κ3) is 8.38. The zero-order valence-corrected chi connectivity index (χ0v) is 23.5. The number of carboxylic acids is 1. The number of aromatic nitrogens is 1. The summed E-state index contributed by atoms with van der Waals surface area (Å²) < 4.78 is 0. The van der Waals surface area contributed by atoms with Gasteiger partial charge in [-0.3, -0.25) is 14.4 Å². The van der Waals surface area contributed by atoms with Gasteiger partial charge in [-0.25, -0.2) is 4.79 Å². The second-order valence-corrected chi connectivity index (χ2v) is 10.4. The van der Waals surface area contributed by atoms with Gasteiger partial charge in [-0.15, -0.1) is 0 Å². The first-order chi connectivity index (χ1) is 19.5. The molecule has 0 radical (unpaired) electrons. The predicted octanol–water partition coefficient (Wildman–Crippen LogP) is 1.25. The van der Waals surface area contributed by atoms with Crippen LogP contribution in [0.15, 0.2) is 60.8 Å². The number of nitrogens with one attached hydrogen (secondary N) is 4. The highest BCUT2D eigenvalue weighted by atomic mass is 16.4. The van der Waals surface area contributed by atoms with Crippen LogP contribution in [0, 0.1) is 5.92 Å². The first-order valence-corrected chi connectivity index (χ1v) is 13.7. The molecule has 0 spiro atoms. The zero-order chi connectivity index (χ0) is 30.1. The Labute approximate surface area is 238 Å². The predicted molar refractivity (Wildman–Crippen MR) is 155 cm³/mol. The van der Waals surface area contributed by atoms with E-state index >= 15 is 0 Å². The van der Waals surface area contributed by atoms with Crippen molar-refractivity contribution in [1.29, 1.82) is 0 Å². The van der Waals surface area contributed by atoms with E-state index in [1.165, 1.54) is 6.92 Å². The number of nitrogens with two attached hydrogens (primary N) is 1. The number of H-pyrrole nitrogens is 1. The molecule has 220 valence electrons. The normalized spacial score (nSPS) is 15.6. The lowest BCUT2D eigenvalue weighted by Gasteiger charge is -2.26. The van der Waals surface area contributed by atoms with E-state index in [0.717, 1.165) is 16.5 Å². The molecule has 3 amide bonds. The van der Waals surface area contributed by atoms with Gasteiger partial charge in [0.25, 0.3) is 0 Å². The lowest BCUT2D eigenvalue weighted by Crippen LogP contribution is -2.59. The number of aliphatic carboxylic acids is 1. The van der Waals surface area contributed by atoms with Gasteiger partial charge in [0.2, 0.25) is 17.7 Å². The summed E-state index contributed by atoms with van der Waals surface area (Å²) in [4.78, 5) is 54.8. The smallest absolute Gasteiger partial charge is 0.328 e. The van der Waals surface area contributed by atoms with Gasteiger partial charge in [-0.05, 0) is 30.0 Å². The Kier molecular flexibility index (Phi) is 11.0. The van der Waals surface area contributed by atoms with Crippen molar-refractivity contribution >= 4 is 34.6 Å². The van der Waals surface area contributed by atoms with Gasteiger partial charge in [0, 0.05) is 29.9 Å². The summed E-state index contributed by atoms with van der Waals surface area (Å²) in [6.45, 7) is 5.01. The molecule has 0 saturated carbocycles. The number of hydrogen-bond donors (Lipinski definition) is 7. The van der Waals surface area contributed by atoms with Gasteiger partial charge in [0.1, 0.15) is 12.1 Å². The van der Waals surface area contributed by atoms with Crippen LogP contribution in [-0.4, -0.2) is 69.2 Å². The van der Waals surface area contributed by atoms with E-state index in [1.54, 1.807) is 36.5 Å². The second kappa shape index (κ2) is 14.4. The van der Waals surface area contributed by atoms with Crippen LogP contribution in [0.1, 0.15) is 38.3 Å². The average molecular weight is 566 g/mol. The topological polar surface area (TPSA) is 187 Å². The van der Waals surface area contributed by atoms with Crippen molar-refractivity contribution in [2.75, 3.05) is 0 Å². The Morgan fingerprint density at radius 3 is 2.07 bits per heavy atom. The molecule has 0 saturated heterocycles. The molecule has 6 atom stereocenters. The highest BCUT2D eigenvalue weighted by Gasteiger charge is 2.33. The summed E-state index contributed by atoms with van der Waals surface area (Å²) in [5, 5.41) is 28.0. The number of aliphatic hydroxyl groups excluding tert-OH is 1. The fraction of sp³-hybridized carbons (Fsp3) is 0.400. The maximum absolute atomic E-state index is 13.7. The maximum Gasteiger partial charge on any atom is 0.328 e. The van der Waals surface area contributed by atoms with Gasteiger partial charge in [0.15, 0.2) is 6.04 Å². The summed E-state index contributed by atoms with van der Waals surface area (Å²) in [6, 6.07) is 11.7. The number of fused-ring (bicyclic) bond motifs is 1. The van der Waals surface area contributed by atoms with Crippen LogP contribution < -0.4 is 21.7 Å². The summed E-state index contributed by atoms with van der Waals surface area (Å²) in [6.07, 6.45) is 1.21. The molecular formula is C30H39N5O6. The number of aliphatic hydroxyl groups is 1. The van der Waals surface area contributed by atoms with E-state index in [9.17, 15) is 29.4 Å². The largest absolute Gasteiger partial charge is 0.480 e. The van der Waals surface area contributed by atoms with E-state index in [2.05, 4.69) is 20.9 Å². The number of rotatable bonds is 14. The minimum Gasteiger partial charge on any atom is -0.480 e. The van der Waals surface area contributed by atoms with Gasteiger partial charge < -0.3 is 36.9 Å². The van der Waals surface area contributed by atoms with E-state index in [0.29, 0.717) is 12.0 Å². The molecule has 3 rings (SSSR count). The van der Waals surface area contributed by atoms with Crippen molar-refractivity contribution < 1.29 is 29.4 Å². The number of carbonyl (C=O) groups is 4. The molecule has 41 heavy (non-hydrogen) atoms. The molecular weight excluding hydrogens is 526 g/mol. The van der Waals surface area contributed by atoms with Crippen LogP contribution in [-0.2, 0) is 32.0 Å². The lowest BCUT2D eigenvalue weighted by molar-refractivity contribution is -0.145. The van der Waals surface area contributed by atoms with Gasteiger partial charge in [-0.1, -0.05) is 68.8 Å². The molecule has 11 heteroatoms. The number of para-hydroxylation sites is 1. The van der Waals surface area contributed by atoms with E-state index < -0.39 is 54.0 Å². The molecule has 3 aromatic rings. The quantitative estimate of drug-likeness (QED) is 0.153. The van der Waals surface area contributed by atoms with Crippen LogP contribution in [0.3, 0.4) is 0 Å². The van der Waals surface area contributed by atoms with Gasteiger partial charge in [-0.2, -0.15) is 0 Å². The number of amides is 3. The van der Waals surface area contributed by atoms with Crippen LogP contribution in [0.5, 0.6) is 0 Å². The summed E-state index contributed by atoms with van der Waals surface area (Å²) >= 11 is 0. The van der Waals surface area contributed by atoms with Crippen LogP contribution in [0.25, 0.3) is 10.9 Å². The molecule has 1 aromatic heterocycles. The van der Waals surface area contributed by atoms with Crippen molar-refractivity contribution in [2.45, 2.75) is 70.3 Å². The van der Waals surface area contributed by atoms with Gasteiger partial charge >= 0.3 is 5.97 Å². The second-order valence-electron chi connectivity index (χ2n) is 10.4. The number of benzene rings is 2.